The number of carbonyl (C=O) groups is 1. The molecule has 0 atom stereocenters. The Morgan fingerprint density at radius 2 is 2.10 bits per heavy atom. The summed E-state index contributed by atoms with van der Waals surface area (Å²) in [6.45, 7) is 4.44. The van der Waals surface area contributed by atoms with Gasteiger partial charge in [0.2, 0.25) is 0 Å². The second kappa shape index (κ2) is 6.14. The summed E-state index contributed by atoms with van der Waals surface area (Å²) in [5.74, 6) is 0.494. The van der Waals surface area contributed by atoms with E-state index in [1.54, 1.807) is 0 Å². The third kappa shape index (κ3) is 3.33. The van der Waals surface area contributed by atoms with E-state index < -0.39 is 0 Å². The smallest absolute Gasteiger partial charge is 0.178 e. The number of hydrogen-bond acceptors (Lipinski definition) is 5. The molecule has 3 N–H and O–H groups in total. The maximum Gasteiger partial charge on any atom is 0.178 e. The van der Waals surface area contributed by atoms with Crippen LogP contribution in [0.3, 0.4) is 0 Å². The molecule has 0 aromatic carbocycles. The molecule has 20 heavy (non-hydrogen) atoms. The Bertz CT molecular complexity index is 475. The van der Waals surface area contributed by atoms with E-state index in [2.05, 4.69) is 10.2 Å². The van der Waals surface area contributed by atoms with Gasteiger partial charge in [0, 0.05) is 19.0 Å². The molecule has 1 saturated heterocycles. The van der Waals surface area contributed by atoms with Crippen molar-refractivity contribution in [2.24, 2.45) is 5.92 Å². The van der Waals surface area contributed by atoms with Gasteiger partial charge in [0.05, 0.1) is 15.6 Å². The van der Waals surface area contributed by atoms with Crippen molar-refractivity contribution in [3.8, 4) is 0 Å². The van der Waals surface area contributed by atoms with Crippen LogP contribution in [0.1, 0.15) is 41.8 Å². The number of carbonyl (C=O) groups excluding carboxylic acids is 1. The van der Waals surface area contributed by atoms with Crippen LogP contribution in [0.25, 0.3) is 0 Å². The Hall–Kier alpha value is -1.07. The summed E-state index contributed by atoms with van der Waals surface area (Å²) in [7, 11) is 0. The number of piperidine rings is 1. The number of nitrogens with one attached hydrogen (secondary N) is 1. The predicted octanol–water partition coefficient (Wildman–Crippen LogP) is 2.82. The van der Waals surface area contributed by atoms with Crippen molar-refractivity contribution in [3.63, 3.8) is 0 Å². The summed E-state index contributed by atoms with van der Waals surface area (Å²) in [4.78, 5) is 15.3. The topological polar surface area (TPSA) is 58.4 Å². The Kier molecular flexibility index (Phi) is 4.27. The summed E-state index contributed by atoms with van der Waals surface area (Å²) in [5.41, 5.74) is 6.61. The molecule has 3 rings (SSSR count). The van der Waals surface area contributed by atoms with E-state index in [-0.39, 0.29) is 11.7 Å². The van der Waals surface area contributed by atoms with E-state index in [1.807, 2.05) is 6.07 Å². The standard InChI is InChI=1S/C15H23N3OS/c16-12-10-13(20-15(12)14(19)11-4-5-11)17-6-9-18-7-2-1-3-8-18/h10-11,17H,1-9,16H2. The lowest BCUT2D eigenvalue weighted by atomic mass is 10.1. The SMILES string of the molecule is Nc1cc(NCCN2CCCCC2)sc1C(=O)C1CC1. The van der Waals surface area contributed by atoms with Gasteiger partial charge in [0.25, 0.3) is 0 Å². The van der Waals surface area contributed by atoms with Crippen LogP contribution >= 0.6 is 11.3 Å². The first-order valence-electron chi connectivity index (χ1n) is 7.64. The zero-order valence-corrected chi connectivity index (χ0v) is 12.7. The van der Waals surface area contributed by atoms with Crippen molar-refractivity contribution < 1.29 is 4.79 Å². The molecule has 1 saturated carbocycles. The highest BCUT2D eigenvalue weighted by Gasteiger charge is 2.32. The molecule has 0 amide bonds. The monoisotopic (exact) mass is 293 g/mol. The summed E-state index contributed by atoms with van der Waals surface area (Å²) in [6.07, 6.45) is 6.10. The minimum absolute atomic E-state index is 0.247. The zero-order chi connectivity index (χ0) is 13.9. The van der Waals surface area contributed by atoms with Gasteiger partial charge >= 0.3 is 0 Å². The van der Waals surface area contributed by atoms with Gasteiger partial charge in [-0.1, -0.05) is 6.42 Å². The number of thiophene rings is 1. The molecule has 2 heterocycles. The van der Waals surface area contributed by atoms with E-state index in [0.29, 0.717) is 5.69 Å². The van der Waals surface area contributed by atoms with E-state index in [4.69, 9.17) is 5.73 Å². The first kappa shape index (κ1) is 13.9. The van der Waals surface area contributed by atoms with E-state index in [9.17, 15) is 4.79 Å². The molecule has 1 aromatic rings. The van der Waals surface area contributed by atoms with Crippen LogP contribution in [0.4, 0.5) is 10.7 Å². The number of nitrogens with zero attached hydrogens (tertiary/aromatic N) is 1. The molecule has 1 aliphatic heterocycles. The summed E-state index contributed by atoms with van der Waals surface area (Å²) < 4.78 is 0. The molecule has 1 aliphatic carbocycles. The van der Waals surface area contributed by atoms with Crippen LogP contribution in [0, 0.1) is 5.92 Å². The van der Waals surface area contributed by atoms with Crippen molar-refractivity contribution in [2.45, 2.75) is 32.1 Å². The minimum atomic E-state index is 0.247. The lowest BCUT2D eigenvalue weighted by molar-refractivity contribution is 0.0972. The number of nitrogens with two attached hydrogens (primary N) is 1. The normalized spacial score (nSPS) is 20.0. The van der Waals surface area contributed by atoms with Crippen LogP contribution in [0.5, 0.6) is 0 Å². The van der Waals surface area contributed by atoms with Crippen molar-refractivity contribution >= 4 is 27.8 Å². The summed E-state index contributed by atoms with van der Waals surface area (Å²) in [5, 5.41) is 4.44. The van der Waals surface area contributed by atoms with E-state index in [0.717, 1.165) is 35.8 Å². The van der Waals surface area contributed by atoms with Gasteiger partial charge in [-0.25, -0.2) is 0 Å². The fourth-order valence-electron chi connectivity index (χ4n) is 2.74. The molecule has 0 radical (unpaired) electrons. The van der Waals surface area contributed by atoms with Crippen LogP contribution in [0.15, 0.2) is 6.07 Å². The highest BCUT2D eigenvalue weighted by molar-refractivity contribution is 7.18. The first-order valence-corrected chi connectivity index (χ1v) is 8.45. The Morgan fingerprint density at radius 3 is 2.80 bits per heavy atom. The molecule has 2 aliphatic rings. The average Bonchev–Trinajstić information content (AvgIpc) is 3.24. The van der Waals surface area contributed by atoms with Crippen molar-refractivity contribution in [2.75, 3.05) is 37.2 Å². The Balaban J connectivity index is 1.50. The third-order valence-electron chi connectivity index (χ3n) is 4.11. The number of likely N-dealkylation sites (tertiary alicyclic amines) is 1. The highest BCUT2D eigenvalue weighted by Crippen LogP contribution is 2.38. The Morgan fingerprint density at radius 1 is 1.35 bits per heavy atom. The molecule has 2 fully saturated rings. The quantitative estimate of drug-likeness (QED) is 0.792. The number of anilines is 2. The maximum absolute atomic E-state index is 12.1. The molecule has 0 spiro atoms. The average molecular weight is 293 g/mol. The van der Waals surface area contributed by atoms with Crippen molar-refractivity contribution in [3.05, 3.63) is 10.9 Å². The minimum Gasteiger partial charge on any atom is -0.397 e. The number of ketones is 1. The fourth-order valence-corrected chi connectivity index (χ4v) is 3.76. The Labute approximate surface area is 124 Å². The fraction of sp³-hybridized carbons (Fsp3) is 0.667. The lowest BCUT2D eigenvalue weighted by Gasteiger charge is -2.26. The number of rotatable bonds is 6. The second-order valence-electron chi connectivity index (χ2n) is 5.86. The number of hydrogen-bond donors (Lipinski definition) is 2. The molecule has 5 heteroatoms. The zero-order valence-electron chi connectivity index (χ0n) is 11.9. The van der Waals surface area contributed by atoms with Gasteiger partial charge in [-0.2, -0.15) is 0 Å². The van der Waals surface area contributed by atoms with Gasteiger partial charge in [-0.3, -0.25) is 4.79 Å². The molecule has 110 valence electrons. The third-order valence-corrected chi connectivity index (χ3v) is 5.23. The van der Waals surface area contributed by atoms with Gasteiger partial charge in [-0.05, 0) is 44.8 Å². The molecule has 4 nitrogen and oxygen atoms in total. The number of Topliss-reactive ketones (excluding diaryl/α,β-unsaturated/α-hetero) is 1. The first-order chi connectivity index (χ1) is 9.74. The van der Waals surface area contributed by atoms with E-state index >= 15 is 0 Å². The van der Waals surface area contributed by atoms with Gasteiger partial charge in [0.1, 0.15) is 0 Å². The second-order valence-corrected chi connectivity index (χ2v) is 6.91. The largest absolute Gasteiger partial charge is 0.397 e. The molecular weight excluding hydrogens is 270 g/mol. The van der Waals surface area contributed by atoms with Crippen LogP contribution in [-0.4, -0.2) is 36.9 Å². The van der Waals surface area contributed by atoms with Crippen molar-refractivity contribution in [1.82, 2.24) is 4.90 Å². The van der Waals surface area contributed by atoms with Gasteiger partial charge < -0.3 is 16.0 Å². The summed E-state index contributed by atoms with van der Waals surface area (Å²) >= 11 is 1.52. The maximum atomic E-state index is 12.1. The van der Waals surface area contributed by atoms with Crippen LogP contribution in [0.2, 0.25) is 0 Å². The van der Waals surface area contributed by atoms with Gasteiger partial charge in [-0.15, -0.1) is 11.3 Å². The molecule has 1 aromatic heterocycles. The lowest BCUT2D eigenvalue weighted by Crippen LogP contribution is -2.33. The van der Waals surface area contributed by atoms with Crippen LogP contribution in [-0.2, 0) is 0 Å². The highest BCUT2D eigenvalue weighted by atomic mass is 32.1. The van der Waals surface area contributed by atoms with Crippen LogP contribution < -0.4 is 11.1 Å². The van der Waals surface area contributed by atoms with E-state index in [1.165, 1.54) is 43.7 Å². The van der Waals surface area contributed by atoms with Crippen molar-refractivity contribution in [1.29, 1.82) is 0 Å². The molecular formula is C15H23N3OS. The van der Waals surface area contributed by atoms with Gasteiger partial charge in [0.15, 0.2) is 5.78 Å². The molecule has 0 bridgehead atoms. The predicted molar refractivity (Wildman–Crippen MR) is 84.6 cm³/mol. The molecule has 0 unspecified atom stereocenters. The number of nitrogen functional groups attached to an aromatic ring is 1. The summed E-state index contributed by atoms with van der Waals surface area (Å²) in [6, 6.07) is 1.91.